The molecule has 1 aromatic heterocycles. The van der Waals surface area contributed by atoms with Crippen LogP contribution < -0.4 is 20.4 Å². The smallest absolute Gasteiger partial charge is 0.242 e. The maximum absolute atomic E-state index is 13.2. The fourth-order valence-corrected chi connectivity index (χ4v) is 5.44. The van der Waals surface area contributed by atoms with Crippen molar-refractivity contribution in [3.63, 3.8) is 0 Å². The highest BCUT2D eigenvalue weighted by atomic mass is 16.2. The molecule has 202 valence electrons. The molecule has 0 spiro atoms. The predicted octanol–water partition coefficient (Wildman–Crippen LogP) is 4.40. The maximum atomic E-state index is 13.2. The summed E-state index contributed by atoms with van der Waals surface area (Å²) >= 11 is 0. The Morgan fingerprint density at radius 1 is 1.00 bits per heavy atom. The van der Waals surface area contributed by atoms with Crippen LogP contribution in [0.25, 0.3) is 0 Å². The lowest BCUT2D eigenvalue weighted by Crippen LogP contribution is -2.47. The normalized spacial score (nSPS) is 17.3. The molecule has 8 nitrogen and oxygen atoms in total. The number of carbonyl (C=O) groups excluding carboxylic acids is 3. The number of hydrogen-bond donors (Lipinski definition) is 2. The van der Waals surface area contributed by atoms with Crippen LogP contribution in [0.15, 0.2) is 60.8 Å². The van der Waals surface area contributed by atoms with E-state index < -0.39 is 5.41 Å². The highest BCUT2D eigenvalue weighted by molar-refractivity contribution is 6.19. The first-order valence-corrected chi connectivity index (χ1v) is 13.5. The molecule has 1 atom stereocenters. The molecule has 0 aliphatic carbocycles. The van der Waals surface area contributed by atoms with Crippen LogP contribution in [-0.4, -0.2) is 36.3 Å². The summed E-state index contributed by atoms with van der Waals surface area (Å²) in [5.74, 6) is -0.374. The van der Waals surface area contributed by atoms with Crippen molar-refractivity contribution >= 4 is 34.8 Å². The molecule has 0 saturated heterocycles. The Balaban J connectivity index is 1.44. The largest absolute Gasteiger partial charge is 0.326 e. The van der Waals surface area contributed by atoms with Crippen LogP contribution in [0.4, 0.5) is 17.1 Å². The summed E-state index contributed by atoms with van der Waals surface area (Å²) in [6.07, 6.45) is 3.72. The molecule has 2 aliphatic rings. The van der Waals surface area contributed by atoms with Crippen LogP contribution >= 0.6 is 0 Å². The first kappa shape index (κ1) is 26.6. The van der Waals surface area contributed by atoms with Crippen LogP contribution in [0.2, 0.25) is 0 Å². The van der Waals surface area contributed by atoms with Crippen molar-refractivity contribution in [2.45, 2.75) is 52.6 Å². The second-order valence-corrected chi connectivity index (χ2v) is 10.8. The summed E-state index contributed by atoms with van der Waals surface area (Å²) in [5.41, 5.74) is 5.35. The van der Waals surface area contributed by atoms with Gasteiger partial charge in [0, 0.05) is 56.6 Å². The molecular formula is C31H35N5O3. The van der Waals surface area contributed by atoms with Crippen LogP contribution in [-0.2, 0) is 33.8 Å². The zero-order valence-electron chi connectivity index (χ0n) is 23.0. The Morgan fingerprint density at radius 3 is 2.56 bits per heavy atom. The van der Waals surface area contributed by atoms with Crippen molar-refractivity contribution < 1.29 is 14.4 Å². The molecule has 3 amide bonds. The van der Waals surface area contributed by atoms with Gasteiger partial charge in [-0.25, -0.2) is 0 Å². The van der Waals surface area contributed by atoms with E-state index in [0.29, 0.717) is 25.9 Å². The number of aromatic nitrogens is 1. The quantitative estimate of drug-likeness (QED) is 0.446. The third-order valence-corrected chi connectivity index (χ3v) is 7.75. The van der Waals surface area contributed by atoms with Crippen molar-refractivity contribution in [2.75, 3.05) is 28.7 Å². The molecule has 5 rings (SSSR count). The highest BCUT2D eigenvalue weighted by Gasteiger charge is 2.45. The third-order valence-electron chi connectivity index (χ3n) is 7.75. The van der Waals surface area contributed by atoms with Gasteiger partial charge in [0.05, 0.1) is 11.4 Å². The van der Waals surface area contributed by atoms with Crippen molar-refractivity contribution in [1.29, 1.82) is 0 Å². The molecule has 0 bridgehead atoms. The predicted molar refractivity (Wildman–Crippen MR) is 153 cm³/mol. The third kappa shape index (κ3) is 5.16. The lowest BCUT2D eigenvalue weighted by atomic mass is 9.90. The van der Waals surface area contributed by atoms with Crippen LogP contribution in [0, 0.1) is 5.41 Å². The van der Waals surface area contributed by atoms with Gasteiger partial charge in [-0.15, -0.1) is 0 Å². The zero-order valence-corrected chi connectivity index (χ0v) is 23.0. The van der Waals surface area contributed by atoms with Gasteiger partial charge in [0.15, 0.2) is 0 Å². The van der Waals surface area contributed by atoms with Gasteiger partial charge in [-0.3, -0.25) is 19.4 Å². The summed E-state index contributed by atoms with van der Waals surface area (Å²) < 4.78 is 0. The SMILES string of the molecule is CCN1C(=O)C(C)(C)C(=O)N(C)c2cc(CNC(Cc3ccccn3)c3ccc4c(c3)NC(=O)CC4)ccc21. The number of amides is 3. The first-order valence-electron chi connectivity index (χ1n) is 13.5. The van der Waals surface area contributed by atoms with Crippen LogP contribution in [0.3, 0.4) is 0 Å². The zero-order chi connectivity index (χ0) is 27.7. The number of nitrogens with zero attached hydrogens (tertiary/aromatic N) is 3. The fraction of sp³-hybridized carbons (Fsp3) is 0.355. The number of fused-ring (bicyclic) bond motifs is 2. The Labute approximate surface area is 229 Å². The van der Waals surface area contributed by atoms with E-state index in [9.17, 15) is 14.4 Å². The van der Waals surface area contributed by atoms with Gasteiger partial charge in [-0.05, 0) is 74.2 Å². The highest BCUT2D eigenvalue weighted by Crippen LogP contribution is 2.39. The van der Waals surface area contributed by atoms with Gasteiger partial charge < -0.3 is 20.4 Å². The van der Waals surface area contributed by atoms with Gasteiger partial charge in [-0.1, -0.05) is 24.3 Å². The Hall–Kier alpha value is -4.04. The molecule has 8 heteroatoms. The first-order chi connectivity index (χ1) is 18.7. The number of carbonyl (C=O) groups is 3. The molecule has 3 aromatic rings. The van der Waals surface area contributed by atoms with E-state index in [1.54, 1.807) is 36.9 Å². The van der Waals surface area contributed by atoms with E-state index in [-0.39, 0.29) is 23.8 Å². The van der Waals surface area contributed by atoms with Crippen molar-refractivity contribution in [3.8, 4) is 0 Å². The van der Waals surface area contributed by atoms with E-state index in [2.05, 4.69) is 33.8 Å². The van der Waals surface area contributed by atoms with E-state index in [1.807, 2.05) is 43.3 Å². The number of hydrogen-bond acceptors (Lipinski definition) is 5. The lowest BCUT2D eigenvalue weighted by molar-refractivity contribution is -0.137. The number of rotatable bonds is 7. The van der Waals surface area contributed by atoms with Crippen molar-refractivity contribution in [1.82, 2.24) is 10.3 Å². The number of nitrogens with one attached hydrogen (secondary N) is 2. The summed E-state index contributed by atoms with van der Waals surface area (Å²) in [6, 6.07) is 18.0. The van der Waals surface area contributed by atoms with Crippen molar-refractivity contribution in [2.24, 2.45) is 5.41 Å². The van der Waals surface area contributed by atoms with Gasteiger partial charge in [0.25, 0.3) is 0 Å². The monoisotopic (exact) mass is 525 g/mol. The summed E-state index contributed by atoms with van der Waals surface area (Å²) in [4.78, 5) is 46.3. The molecular weight excluding hydrogens is 490 g/mol. The summed E-state index contributed by atoms with van der Waals surface area (Å²) in [5, 5.41) is 6.69. The molecule has 39 heavy (non-hydrogen) atoms. The summed E-state index contributed by atoms with van der Waals surface area (Å²) in [7, 11) is 1.73. The fourth-order valence-electron chi connectivity index (χ4n) is 5.44. The second kappa shape index (κ2) is 10.6. The molecule has 0 saturated carbocycles. The Morgan fingerprint density at radius 2 is 1.82 bits per heavy atom. The lowest BCUT2D eigenvalue weighted by Gasteiger charge is -2.27. The molecule has 2 N–H and O–H groups in total. The molecule has 3 heterocycles. The molecule has 2 aliphatic heterocycles. The average Bonchev–Trinajstić information content (AvgIpc) is 2.99. The van der Waals surface area contributed by atoms with E-state index in [4.69, 9.17) is 0 Å². The Kier molecular flexibility index (Phi) is 7.23. The molecule has 2 aromatic carbocycles. The van der Waals surface area contributed by atoms with E-state index in [0.717, 1.165) is 45.9 Å². The van der Waals surface area contributed by atoms with Crippen LogP contribution in [0.1, 0.15) is 55.6 Å². The average molecular weight is 526 g/mol. The number of aryl methyl sites for hydroxylation is 1. The Bertz CT molecular complexity index is 1420. The molecule has 0 radical (unpaired) electrons. The van der Waals surface area contributed by atoms with Gasteiger partial charge in [-0.2, -0.15) is 0 Å². The van der Waals surface area contributed by atoms with Gasteiger partial charge >= 0.3 is 0 Å². The van der Waals surface area contributed by atoms with E-state index in [1.165, 1.54) is 0 Å². The second-order valence-electron chi connectivity index (χ2n) is 10.8. The van der Waals surface area contributed by atoms with Crippen LogP contribution in [0.5, 0.6) is 0 Å². The minimum atomic E-state index is -1.14. The maximum Gasteiger partial charge on any atom is 0.242 e. The number of anilines is 3. The van der Waals surface area contributed by atoms with Crippen molar-refractivity contribution in [3.05, 3.63) is 83.2 Å². The van der Waals surface area contributed by atoms with E-state index >= 15 is 0 Å². The summed E-state index contributed by atoms with van der Waals surface area (Å²) in [6.45, 7) is 6.32. The standard InChI is InChI=1S/C31H35N5O3/c1-5-36-26-13-9-20(16-27(26)35(4)29(38)31(2,3)30(36)39)19-33-24(18-23-8-6-7-15-32-23)22-11-10-21-12-14-28(37)34-25(21)17-22/h6-11,13,15-17,24,33H,5,12,14,18-19H2,1-4H3,(H,34,37). The number of pyridine rings is 1. The minimum Gasteiger partial charge on any atom is -0.326 e. The van der Waals surface area contributed by atoms with Gasteiger partial charge in [0.1, 0.15) is 5.41 Å². The molecule has 1 unspecified atom stereocenters. The topological polar surface area (TPSA) is 94.6 Å². The minimum absolute atomic E-state index is 0.0420. The number of benzene rings is 2. The molecule has 0 fully saturated rings. The van der Waals surface area contributed by atoms with Gasteiger partial charge in [0.2, 0.25) is 17.7 Å².